The normalized spacial score (nSPS) is 14.1. The van der Waals surface area contributed by atoms with Crippen LogP contribution in [0.2, 0.25) is 0 Å². The molecule has 0 radical (unpaired) electrons. The Morgan fingerprint density at radius 1 is 0.580 bits per heavy atom. The van der Waals surface area contributed by atoms with Gasteiger partial charge in [-0.25, -0.2) is 0 Å². The maximum Gasteiger partial charge on any atom is 0.143 e. The number of fused-ring (bicyclic) bond motifs is 9. The summed E-state index contributed by atoms with van der Waals surface area (Å²) in [6, 6.07) is 44.4. The maximum absolute atomic E-state index is 6.63. The molecule has 0 bridgehead atoms. The summed E-state index contributed by atoms with van der Waals surface area (Å²) >= 11 is 0. The average molecular weight is 647 g/mol. The first kappa shape index (κ1) is 31.6. The molecule has 0 amide bonds. The Morgan fingerprint density at radius 2 is 1.18 bits per heavy atom. The standard InChI is InChI=1S/C49H42O/c1-7-18-44-31(4)45-47-46(40-23-16-17-24-41(40)48(45)50-44)42-30-35(27-28-43(42)49(47,5)6)39-22-13-11-10-12-21-38(36(8-2)37(39)9-3)34-26-25-32-19-14-15-20-33(32)29-34/h7-30H,1-6H3/b12-10?,13-11?,18-7-,36-8+,37-9?,38-21?,39-22?. The summed E-state index contributed by atoms with van der Waals surface area (Å²) in [6.07, 6.45) is 8.70. The second-order valence-electron chi connectivity index (χ2n) is 13.9. The molecule has 7 aromatic rings. The third-order valence-corrected chi connectivity index (χ3v) is 10.7. The van der Waals surface area contributed by atoms with E-state index in [-0.39, 0.29) is 5.41 Å². The molecule has 0 spiro atoms. The molecule has 1 aliphatic rings. The first-order chi connectivity index (χ1) is 24.4. The van der Waals surface area contributed by atoms with Crippen LogP contribution >= 0.6 is 0 Å². The van der Waals surface area contributed by atoms with Crippen LogP contribution in [-0.2, 0) is 5.41 Å². The van der Waals surface area contributed by atoms with Crippen LogP contribution in [0.15, 0.2) is 132 Å². The van der Waals surface area contributed by atoms with E-state index in [1.807, 2.05) is 0 Å². The first-order valence-electron chi connectivity index (χ1n) is 17.7. The van der Waals surface area contributed by atoms with Gasteiger partial charge in [-0.15, -0.1) is 0 Å². The van der Waals surface area contributed by atoms with Gasteiger partial charge >= 0.3 is 0 Å². The van der Waals surface area contributed by atoms with Crippen molar-refractivity contribution in [1.29, 1.82) is 0 Å². The molecule has 0 unspecified atom stereocenters. The van der Waals surface area contributed by atoms with E-state index in [9.17, 15) is 0 Å². The van der Waals surface area contributed by atoms with Crippen LogP contribution in [0.25, 0.3) is 84.1 Å². The van der Waals surface area contributed by atoms with Gasteiger partial charge in [0.2, 0.25) is 0 Å². The lowest BCUT2D eigenvalue weighted by atomic mass is 9.79. The highest BCUT2D eigenvalue weighted by Crippen LogP contribution is 2.56. The predicted molar refractivity (Wildman–Crippen MR) is 216 cm³/mol. The lowest BCUT2D eigenvalue weighted by molar-refractivity contribution is 0.603. The van der Waals surface area contributed by atoms with Gasteiger partial charge in [0.05, 0.1) is 0 Å². The largest absolute Gasteiger partial charge is 0.456 e. The topological polar surface area (TPSA) is 13.1 Å². The summed E-state index contributed by atoms with van der Waals surface area (Å²) in [6.45, 7) is 13.3. The van der Waals surface area contributed by atoms with Gasteiger partial charge in [0, 0.05) is 21.8 Å². The van der Waals surface area contributed by atoms with Gasteiger partial charge in [-0.3, -0.25) is 0 Å². The zero-order valence-corrected chi connectivity index (χ0v) is 29.8. The van der Waals surface area contributed by atoms with Crippen LogP contribution in [0.1, 0.15) is 57.1 Å². The SMILES string of the molecule is CC=c1c(-c2ccc3c(c2)-c2c(c4c(C)c(/C=C\C)oc4c4ccccc24)C3(C)C)ccccccc(-c2ccc3ccccc3c2)/c1=C/C. The van der Waals surface area contributed by atoms with Crippen LogP contribution in [-0.4, -0.2) is 0 Å². The third kappa shape index (κ3) is 4.83. The van der Waals surface area contributed by atoms with E-state index in [1.165, 1.54) is 82.1 Å². The van der Waals surface area contributed by atoms with Crippen molar-refractivity contribution >= 4 is 50.7 Å². The van der Waals surface area contributed by atoms with Crippen molar-refractivity contribution in [2.75, 3.05) is 0 Å². The monoisotopic (exact) mass is 646 g/mol. The highest BCUT2D eigenvalue weighted by Gasteiger charge is 2.40. The van der Waals surface area contributed by atoms with E-state index >= 15 is 0 Å². The molecular formula is C49H42O. The second kappa shape index (κ2) is 12.3. The zero-order chi connectivity index (χ0) is 34.6. The molecule has 1 aromatic heterocycles. The van der Waals surface area contributed by atoms with Gasteiger partial charge in [0.15, 0.2) is 0 Å². The van der Waals surface area contributed by atoms with Crippen molar-refractivity contribution in [3.05, 3.63) is 160 Å². The van der Waals surface area contributed by atoms with Crippen molar-refractivity contribution < 1.29 is 4.42 Å². The van der Waals surface area contributed by atoms with E-state index in [0.29, 0.717) is 0 Å². The molecule has 50 heavy (non-hydrogen) atoms. The van der Waals surface area contributed by atoms with Gasteiger partial charge < -0.3 is 4.42 Å². The number of aryl methyl sites for hydroxylation is 1. The summed E-state index contributed by atoms with van der Waals surface area (Å²) in [5, 5.41) is 8.58. The molecule has 1 aliphatic carbocycles. The molecule has 0 atom stereocenters. The summed E-state index contributed by atoms with van der Waals surface area (Å²) in [7, 11) is 0. The summed E-state index contributed by atoms with van der Waals surface area (Å²) in [5.41, 5.74) is 12.2. The molecule has 1 heteroatoms. The smallest absolute Gasteiger partial charge is 0.143 e. The van der Waals surface area contributed by atoms with E-state index < -0.39 is 0 Å². The molecule has 0 fully saturated rings. The van der Waals surface area contributed by atoms with Gasteiger partial charge in [0.1, 0.15) is 11.3 Å². The Balaban J connectivity index is 1.44. The summed E-state index contributed by atoms with van der Waals surface area (Å²) < 4.78 is 6.63. The van der Waals surface area contributed by atoms with Crippen molar-refractivity contribution in [3.8, 4) is 33.4 Å². The average Bonchev–Trinajstić information content (AvgIpc) is 3.58. The van der Waals surface area contributed by atoms with Gasteiger partial charge in [0.25, 0.3) is 0 Å². The number of furan rings is 1. The minimum atomic E-state index is -0.202. The van der Waals surface area contributed by atoms with Crippen LogP contribution < -0.4 is 10.4 Å². The van der Waals surface area contributed by atoms with Crippen molar-refractivity contribution in [2.24, 2.45) is 0 Å². The van der Waals surface area contributed by atoms with Gasteiger partial charge in [-0.2, -0.15) is 0 Å². The fraction of sp³-hybridized carbons (Fsp3) is 0.143. The number of benzene rings is 5. The zero-order valence-electron chi connectivity index (χ0n) is 29.8. The van der Waals surface area contributed by atoms with Crippen molar-refractivity contribution in [1.82, 2.24) is 0 Å². The molecule has 0 saturated heterocycles. The van der Waals surface area contributed by atoms with Crippen LogP contribution in [0, 0.1) is 6.92 Å². The molecule has 8 rings (SSSR count). The highest BCUT2D eigenvalue weighted by molar-refractivity contribution is 6.17. The Morgan fingerprint density at radius 3 is 1.86 bits per heavy atom. The quantitative estimate of drug-likeness (QED) is 0.186. The number of allylic oxidation sites excluding steroid dienone is 1. The van der Waals surface area contributed by atoms with Crippen LogP contribution in [0.4, 0.5) is 0 Å². The van der Waals surface area contributed by atoms with E-state index in [1.54, 1.807) is 0 Å². The van der Waals surface area contributed by atoms with Crippen LogP contribution in [0.3, 0.4) is 0 Å². The summed E-state index contributed by atoms with van der Waals surface area (Å²) in [5.74, 6) is 0.938. The number of rotatable bonds is 3. The van der Waals surface area contributed by atoms with Gasteiger partial charge in [-0.1, -0.05) is 141 Å². The molecule has 0 N–H and O–H groups in total. The van der Waals surface area contributed by atoms with E-state index in [4.69, 9.17) is 4.42 Å². The Kier molecular flexibility index (Phi) is 7.80. The maximum atomic E-state index is 6.63. The van der Waals surface area contributed by atoms with Crippen LogP contribution in [0.5, 0.6) is 0 Å². The lowest BCUT2D eigenvalue weighted by Gasteiger charge is -2.23. The highest BCUT2D eigenvalue weighted by atomic mass is 16.3. The molecule has 1 nitrogen and oxygen atoms in total. The fourth-order valence-corrected chi connectivity index (χ4v) is 8.38. The summed E-state index contributed by atoms with van der Waals surface area (Å²) in [4.78, 5) is 0. The predicted octanol–water partition coefficient (Wildman–Crippen LogP) is 12.4. The third-order valence-electron chi connectivity index (χ3n) is 10.7. The second-order valence-corrected chi connectivity index (χ2v) is 13.9. The molecule has 0 aliphatic heterocycles. The van der Waals surface area contributed by atoms with Gasteiger partial charge in [-0.05, 0) is 117 Å². The minimum Gasteiger partial charge on any atom is -0.456 e. The Labute approximate surface area is 294 Å². The lowest BCUT2D eigenvalue weighted by Crippen LogP contribution is -2.27. The number of hydrogen-bond donors (Lipinski definition) is 0. The van der Waals surface area contributed by atoms with E-state index in [2.05, 4.69) is 187 Å². The molecule has 6 aromatic carbocycles. The fourth-order valence-electron chi connectivity index (χ4n) is 8.38. The Hall–Kier alpha value is -5.66. The first-order valence-corrected chi connectivity index (χ1v) is 17.7. The Bertz CT molecular complexity index is 2710. The molecule has 1 heterocycles. The van der Waals surface area contributed by atoms with E-state index in [0.717, 1.165) is 16.7 Å². The molecule has 244 valence electrons. The molecular weight excluding hydrogens is 605 g/mol. The van der Waals surface area contributed by atoms with Crippen molar-refractivity contribution in [3.63, 3.8) is 0 Å². The molecule has 0 saturated carbocycles. The number of hydrogen-bond acceptors (Lipinski definition) is 1. The van der Waals surface area contributed by atoms with Crippen molar-refractivity contribution in [2.45, 2.75) is 47.0 Å². The minimum absolute atomic E-state index is 0.202.